The maximum absolute atomic E-state index is 13.7. The highest BCUT2D eigenvalue weighted by Gasteiger charge is 2.41. The van der Waals surface area contributed by atoms with E-state index in [2.05, 4.69) is 15.9 Å². The van der Waals surface area contributed by atoms with E-state index in [0.717, 1.165) is 28.1 Å². The molecule has 3 aromatic carbocycles. The topological polar surface area (TPSA) is 70.2 Å². The molecule has 12 heteroatoms. The molecule has 1 unspecified atom stereocenters. The molecule has 5 rings (SSSR count). The largest absolute Gasteiger partial charge is 0.445 e. The zero-order valence-electron chi connectivity index (χ0n) is 19.9. The number of fused-ring (bicyclic) bond motifs is 3. The van der Waals surface area contributed by atoms with E-state index in [9.17, 15) is 26.4 Å². The van der Waals surface area contributed by atoms with E-state index in [-0.39, 0.29) is 19.7 Å². The molecule has 2 aliphatic heterocycles. The Bertz CT molecular complexity index is 1450. The summed E-state index contributed by atoms with van der Waals surface area (Å²) in [6.45, 7) is 1.07. The minimum atomic E-state index is -4.69. The lowest BCUT2D eigenvalue weighted by Crippen LogP contribution is -2.61. The normalized spacial score (nSPS) is 17.6. The SMILES string of the molecule is O=C(OCc1ccccc1)N1CCN2c3ccc(Br)cc3N(S(=O)(=O)c3cccc(C(F)(F)F)c3)CC2C1. The number of carbonyl (C=O) groups is 1. The Balaban J connectivity index is 1.42. The maximum Gasteiger partial charge on any atom is 0.416 e. The molecule has 3 aromatic rings. The van der Waals surface area contributed by atoms with Gasteiger partial charge in [-0.3, -0.25) is 4.31 Å². The molecule has 0 aromatic heterocycles. The summed E-state index contributed by atoms with van der Waals surface area (Å²) in [5.41, 5.74) is 0.775. The number of rotatable bonds is 4. The number of hydrogen-bond donors (Lipinski definition) is 0. The predicted molar refractivity (Wildman–Crippen MR) is 139 cm³/mol. The first-order valence-corrected chi connectivity index (χ1v) is 14.0. The van der Waals surface area contributed by atoms with E-state index in [0.29, 0.717) is 35.0 Å². The fourth-order valence-electron chi connectivity index (χ4n) is 4.72. The number of nitrogens with zero attached hydrogens (tertiary/aromatic N) is 3. The number of anilines is 2. The molecule has 0 bridgehead atoms. The van der Waals surface area contributed by atoms with E-state index < -0.39 is 38.8 Å². The number of piperazine rings is 1. The summed E-state index contributed by atoms with van der Waals surface area (Å²) in [6, 6.07) is 17.7. The summed E-state index contributed by atoms with van der Waals surface area (Å²) in [4.78, 5) is 15.9. The minimum absolute atomic E-state index is 0.0511. The van der Waals surface area contributed by atoms with E-state index in [1.165, 1.54) is 4.90 Å². The second kappa shape index (κ2) is 10.1. The summed E-state index contributed by atoms with van der Waals surface area (Å²) < 4.78 is 74.6. The highest BCUT2D eigenvalue weighted by molar-refractivity contribution is 9.10. The van der Waals surface area contributed by atoms with Gasteiger partial charge in [-0.1, -0.05) is 52.3 Å². The predicted octanol–water partition coefficient (Wildman–Crippen LogP) is 5.50. The van der Waals surface area contributed by atoms with Crippen molar-refractivity contribution < 1.29 is 31.1 Å². The number of benzene rings is 3. The van der Waals surface area contributed by atoms with Crippen LogP contribution in [-0.4, -0.2) is 51.6 Å². The Kier molecular flexibility index (Phi) is 7.03. The lowest BCUT2D eigenvalue weighted by Gasteiger charge is -2.48. The lowest BCUT2D eigenvalue weighted by molar-refractivity contribution is -0.137. The van der Waals surface area contributed by atoms with E-state index in [1.807, 2.05) is 35.2 Å². The van der Waals surface area contributed by atoms with Gasteiger partial charge in [0.25, 0.3) is 10.0 Å². The molecular formula is C26H23BrF3N3O4S. The molecule has 1 atom stereocenters. The van der Waals surface area contributed by atoms with Crippen molar-refractivity contribution in [1.82, 2.24) is 4.90 Å². The van der Waals surface area contributed by atoms with Gasteiger partial charge >= 0.3 is 12.3 Å². The van der Waals surface area contributed by atoms with Crippen molar-refractivity contribution in [3.63, 3.8) is 0 Å². The zero-order valence-corrected chi connectivity index (χ0v) is 22.3. The molecule has 0 radical (unpaired) electrons. The average molecular weight is 610 g/mol. The number of carbonyl (C=O) groups excluding carboxylic acids is 1. The number of alkyl halides is 3. The van der Waals surface area contributed by atoms with Crippen LogP contribution in [0.3, 0.4) is 0 Å². The summed E-state index contributed by atoms with van der Waals surface area (Å²) in [6.07, 6.45) is -5.20. The zero-order chi connectivity index (χ0) is 27.1. The van der Waals surface area contributed by atoms with Gasteiger partial charge in [0.05, 0.1) is 34.4 Å². The van der Waals surface area contributed by atoms with Crippen molar-refractivity contribution in [2.75, 3.05) is 35.4 Å². The van der Waals surface area contributed by atoms with Crippen LogP contribution in [0.4, 0.5) is 29.3 Å². The van der Waals surface area contributed by atoms with Crippen LogP contribution in [0, 0.1) is 0 Å². The van der Waals surface area contributed by atoms with Crippen molar-refractivity contribution in [3.05, 3.63) is 88.4 Å². The van der Waals surface area contributed by atoms with Crippen LogP contribution in [0.5, 0.6) is 0 Å². The van der Waals surface area contributed by atoms with Gasteiger partial charge in [-0.25, -0.2) is 13.2 Å². The molecule has 0 saturated carbocycles. The van der Waals surface area contributed by atoms with Gasteiger partial charge in [0.15, 0.2) is 0 Å². The van der Waals surface area contributed by atoms with Crippen molar-refractivity contribution >= 4 is 43.4 Å². The summed E-state index contributed by atoms with van der Waals surface area (Å²) in [5, 5.41) is 0. The molecule has 1 saturated heterocycles. The molecule has 38 heavy (non-hydrogen) atoms. The summed E-state index contributed by atoms with van der Waals surface area (Å²) >= 11 is 3.37. The van der Waals surface area contributed by atoms with Crippen LogP contribution in [0.15, 0.2) is 82.2 Å². The molecule has 0 aliphatic carbocycles. The molecule has 0 spiro atoms. The third-order valence-electron chi connectivity index (χ3n) is 6.59. The molecule has 7 nitrogen and oxygen atoms in total. The fraction of sp³-hybridized carbons (Fsp3) is 0.269. The lowest BCUT2D eigenvalue weighted by atomic mass is 10.1. The smallest absolute Gasteiger partial charge is 0.416 e. The van der Waals surface area contributed by atoms with Crippen LogP contribution < -0.4 is 9.21 Å². The van der Waals surface area contributed by atoms with E-state index in [1.54, 1.807) is 18.2 Å². The van der Waals surface area contributed by atoms with Crippen LogP contribution in [0.2, 0.25) is 0 Å². The molecule has 0 N–H and O–H groups in total. The average Bonchev–Trinajstić information content (AvgIpc) is 2.91. The van der Waals surface area contributed by atoms with Gasteiger partial charge in [0.2, 0.25) is 0 Å². The molecular weight excluding hydrogens is 587 g/mol. The standard InChI is InChI=1S/C26H23BrF3N3O4S/c27-20-9-10-23-24(14-20)33(38(35,36)22-8-4-7-19(13-22)26(28,29)30)16-21-15-31(11-12-32(21)23)25(34)37-17-18-5-2-1-3-6-18/h1-10,13-14,21H,11-12,15-17H2. The number of hydrogen-bond acceptors (Lipinski definition) is 5. The Labute approximate surface area is 226 Å². The highest BCUT2D eigenvalue weighted by Crippen LogP contribution is 2.42. The Hall–Kier alpha value is -3.25. The van der Waals surface area contributed by atoms with Crippen molar-refractivity contribution in [2.24, 2.45) is 0 Å². The molecule has 2 heterocycles. The Morgan fingerprint density at radius 2 is 1.71 bits per heavy atom. The maximum atomic E-state index is 13.7. The van der Waals surface area contributed by atoms with Crippen LogP contribution >= 0.6 is 15.9 Å². The number of amides is 1. The van der Waals surface area contributed by atoms with Gasteiger partial charge in [-0.2, -0.15) is 13.2 Å². The minimum Gasteiger partial charge on any atom is -0.445 e. The highest BCUT2D eigenvalue weighted by atomic mass is 79.9. The third-order valence-corrected chi connectivity index (χ3v) is 8.86. The van der Waals surface area contributed by atoms with Gasteiger partial charge in [-0.05, 0) is 42.0 Å². The molecule has 2 aliphatic rings. The van der Waals surface area contributed by atoms with Crippen molar-refractivity contribution in [3.8, 4) is 0 Å². The first kappa shape index (κ1) is 26.4. The van der Waals surface area contributed by atoms with Gasteiger partial charge in [0, 0.05) is 24.1 Å². The Morgan fingerprint density at radius 1 is 0.947 bits per heavy atom. The molecule has 1 fully saturated rings. The van der Waals surface area contributed by atoms with E-state index in [4.69, 9.17) is 4.74 Å². The summed E-state index contributed by atoms with van der Waals surface area (Å²) in [7, 11) is -4.36. The van der Waals surface area contributed by atoms with Crippen LogP contribution in [0.1, 0.15) is 11.1 Å². The summed E-state index contributed by atoms with van der Waals surface area (Å²) in [5.74, 6) is 0. The number of ether oxygens (including phenoxy) is 1. The molecule has 200 valence electrons. The molecule has 1 amide bonds. The number of sulfonamides is 1. The van der Waals surface area contributed by atoms with Crippen LogP contribution in [0.25, 0.3) is 0 Å². The number of halogens is 4. The first-order valence-electron chi connectivity index (χ1n) is 11.8. The van der Waals surface area contributed by atoms with E-state index >= 15 is 0 Å². The first-order chi connectivity index (χ1) is 18.0. The van der Waals surface area contributed by atoms with Gasteiger partial charge in [0.1, 0.15) is 6.61 Å². The second-order valence-electron chi connectivity index (χ2n) is 9.03. The monoisotopic (exact) mass is 609 g/mol. The third kappa shape index (κ3) is 5.19. The fourth-order valence-corrected chi connectivity index (χ4v) is 6.63. The van der Waals surface area contributed by atoms with Gasteiger partial charge < -0.3 is 14.5 Å². The second-order valence-corrected chi connectivity index (χ2v) is 11.8. The van der Waals surface area contributed by atoms with Crippen LogP contribution in [-0.2, 0) is 27.5 Å². The van der Waals surface area contributed by atoms with Gasteiger partial charge in [-0.15, -0.1) is 0 Å². The van der Waals surface area contributed by atoms with Crippen molar-refractivity contribution in [2.45, 2.75) is 23.7 Å². The van der Waals surface area contributed by atoms with Crippen molar-refractivity contribution in [1.29, 1.82) is 0 Å². The quantitative estimate of drug-likeness (QED) is 0.390. The Morgan fingerprint density at radius 3 is 2.45 bits per heavy atom.